The van der Waals surface area contributed by atoms with Crippen molar-refractivity contribution in [2.45, 2.75) is 18.6 Å². The molecule has 1 aromatic rings. The van der Waals surface area contributed by atoms with E-state index in [1.165, 1.54) is 0 Å². The predicted molar refractivity (Wildman–Crippen MR) is 60.4 cm³/mol. The number of halogens is 3. The molecule has 0 aliphatic rings. The van der Waals surface area contributed by atoms with Crippen molar-refractivity contribution in [1.29, 1.82) is 0 Å². The van der Waals surface area contributed by atoms with Crippen LogP contribution in [0.2, 0.25) is 0 Å². The van der Waals surface area contributed by atoms with E-state index in [1.807, 2.05) is 0 Å². The highest BCUT2D eigenvalue weighted by atomic mass is 19.4. The fourth-order valence-electron chi connectivity index (χ4n) is 1.29. The fraction of sp³-hybridized carbons (Fsp3) is 0.333. The summed E-state index contributed by atoms with van der Waals surface area (Å²) in [6.45, 7) is -0.333. The maximum absolute atomic E-state index is 11.9. The average molecular weight is 259 g/mol. The molecular weight excluding hydrogens is 247 g/mol. The summed E-state index contributed by atoms with van der Waals surface area (Å²) in [6.07, 6.45) is -4.76. The van der Waals surface area contributed by atoms with E-state index in [2.05, 4.69) is 4.99 Å². The number of carbonyl (C=O) groups excluding carboxylic acids is 1. The van der Waals surface area contributed by atoms with E-state index in [0.29, 0.717) is 5.56 Å². The number of carbonyl (C=O) groups is 1. The van der Waals surface area contributed by atoms with Crippen LogP contribution < -0.4 is 0 Å². The van der Waals surface area contributed by atoms with Crippen LogP contribution in [0.15, 0.2) is 35.3 Å². The largest absolute Gasteiger partial charge is 0.450 e. The first-order chi connectivity index (χ1) is 8.45. The molecule has 18 heavy (non-hydrogen) atoms. The Hall–Kier alpha value is -1.69. The first kappa shape index (κ1) is 14.4. The molecule has 98 valence electrons. The minimum atomic E-state index is -4.84. The Bertz CT molecular complexity index is 415. The molecule has 1 rings (SSSR count). The van der Waals surface area contributed by atoms with Gasteiger partial charge in [0.25, 0.3) is 0 Å². The van der Waals surface area contributed by atoms with E-state index in [4.69, 9.17) is 5.11 Å². The van der Waals surface area contributed by atoms with Crippen LogP contribution in [0.1, 0.15) is 18.0 Å². The normalized spacial score (nSPS) is 13.8. The van der Waals surface area contributed by atoms with Gasteiger partial charge in [-0.15, -0.1) is 0 Å². The van der Waals surface area contributed by atoms with Gasteiger partial charge in [0.2, 0.25) is 5.78 Å². The van der Waals surface area contributed by atoms with Crippen LogP contribution in [0.3, 0.4) is 0 Å². The molecule has 0 aromatic heterocycles. The van der Waals surface area contributed by atoms with Gasteiger partial charge < -0.3 is 5.11 Å². The van der Waals surface area contributed by atoms with Gasteiger partial charge in [0, 0.05) is 6.21 Å². The number of benzene rings is 1. The SMILES string of the molecule is O=C(CC=N[C@H](CO)c1ccccc1)C(F)(F)F. The van der Waals surface area contributed by atoms with Crippen molar-refractivity contribution in [3.63, 3.8) is 0 Å². The molecule has 1 N–H and O–H groups in total. The Morgan fingerprint density at radius 3 is 2.44 bits per heavy atom. The monoisotopic (exact) mass is 259 g/mol. The maximum Gasteiger partial charge on any atom is 0.450 e. The van der Waals surface area contributed by atoms with Gasteiger partial charge in [-0.2, -0.15) is 13.2 Å². The van der Waals surface area contributed by atoms with Gasteiger partial charge in [-0.25, -0.2) is 0 Å². The third-order valence-corrected chi connectivity index (χ3v) is 2.24. The summed E-state index contributed by atoms with van der Waals surface area (Å²) in [4.78, 5) is 14.4. The minimum Gasteiger partial charge on any atom is -0.394 e. The van der Waals surface area contributed by atoms with Crippen LogP contribution in [-0.4, -0.2) is 29.9 Å². The Morgan fingerprint density at radius 1 is 1.33 bits per heavy atom. The summed E-state index contributed by atoms with van der Waals surface area (Å²) in [5, 5.41) is 9.08. The van der Waals surface area contributed by atoms with Crippen LogP contribution in [-0.2, 0) is 4.79 Å². The first-order valence-corrected chi connectivity index (χ1v) is 5.22. The zero-order chi connectivity index (χ0) is 13.6. The van der Waals surface area contributed by atoms with Gasteiger partial charge in [-0.3, -0.25) is 9.79 Å². The van der Waals surface area contributed by atoms with Crippen LogP contribution in [0.5, 0.6) is 0 Å². The van der Waals surface area contributed by atoms with Crippen LogP contribution in [0.4, 0.5) is 13.2 Å². The van der Waals surface area contributed by atoms with Crippen molar-refractivity contribution in [2.24, 2.45) is 4.99 Å². The number of alkyl halides is 3. The third kappa shape index (κ3) is 4.29. The van der Waals surface area contributed by atoms with Crippen molar-refractivity contribution in [1.82, 2.24) is 0 Å². The Balaban J connectivity index is 2.62. The van der Waals surface area contributed by atoms with E-state index in [1.54, 1.807) is 30.3 Å². The molecule has 0 spiro atoms. The molecule has 0 fully saturated rings. The summed E-state index contributed by atoms with van der Waals surface area (Å²) in [5.74, 6) is -1.85. The second-order valence-electron chi connectivity index (χ2n) is 3.57. The van der Waals surface area contributed by atoms with Crippen molar-refractivity contribution < 1.29 is 23.1 Å². The lowest BCUT2D eigenvalue weighted by molar-refractivity contribution is -0.169. The summed E-state index contributed by atoms with van der Waals surface area (Å²) in [6, 6.07) is 7.98. The average Bonchev–Trinajstić information content (AvgIpc) is 2.34. The zero-order valence-corrected chi connectivity index (χ0v) is 9.39. The topological polar surface area (TPSA) is 49.7 Å². The highest BCUT2D eigenvalue weighted by molar-refractivity contribution is 5.95. The summed E-state index contributed by atoms with van der Waals surface area (Å²) in [5.41, 5.74) is 0.677. The Kier molecular flexibility index (Phi) is 5.03. The number of hydrogen-bond donors (Lipinski definition) is 1. The van der Waals surface area contributed by atoms with E-state index >= 15 is 0 Å². The minimum absolute atomic E-state index is 0.333. The molecule has 0 amide bonds. The van der Waals surface area contributed by atoms with Gasteiger partial charge in [-0.1, -0.05) is 30.3 Å². The van der Waals surface area contributed by atoms with Gasteiger partial charge >= 0.3 is 6.18 Å². The molecule has 0 saturated heterocycles. The lowest BCUT2D eigenvalue weighted by Crippen LogP contribution is -2.22. The van der Waals surface area contributed by atoms with Crippen molar-refractivity contribution in [2.75, 3.05) is 6.61 Å². The molecule has 3 nitrogen and oxygen atoms in total. The molecule has 0 aliphatic carbocycles. The van der Waals surface area contributed by atoms with E-state index in [9.17, 15) is 18.0 Å². The standard InChI is InChI=1S/C12H12F3NO2/c13-12(14,15)11(18)6-7-16-10(8-17)9-4-2-1-3-5-9/h1-5,7,10,17H,6,8H2/t10-/m1/s1. The van der Waals surface area contributed by atoms with Gasteiger partial charge in [-0.05, 0) is 5.56 Å². The van der Waals surface area contributed by atoms with Crippen molar-refractivity contribution >= 4 is 12.0 Å². The van der Waals surface area contributed by atoms with Gasteiger partial charge in [0.1, 0.15) is 0 Å². The third-order valence-electron chi connectivity index (χ3n) is 2.24. The zero-order valence-electron chi connectivity index (χ0n) is 9.39. The lowest BCUT2D eigenvalue weighted by Gasteiger charge is -2.09. The number of Topliss-reactive ketones (excluding diaryl/α,β-unsaturated/α-hetero) is 1. The molecule has 0 radical (unpaired) electrons. The predicted octanol–water partition coefficient (Wildman–Crippen LogP) is 2.31. The number of ketones is 1. The highest BCUT2D eigenvalue weighted by Crippen LogP contribution is 2.18. The Labute approximate surface area is 102 Å². The molecule has 0 aliphatic heterocycles. The molecule has 1 atom stereocenters. The summed E-state index contributed by atoms with van der Waals surface area (Å²) < 4.78 is 35.8. The number of nitrogens with zero attached hydrogens (tertiary/aromatic N) is 1. The second kappa shape index (κ2) is 6.30. The number of aliphatic imine (C=N–C) groups is 1. The second-order valence-corrected chi connectivity index (χ2v) is 3.57. The smallest absolute Gasteiger partial charge is 0.394 e. The molecule has 0 saturated carbocycles. The van der Waals surface area contributed by atoms with Crippen molar-refractivity contribution in [3.05, 3.63) is 35.9 Å². The summed E-state index contributed by atoms with van der Waals surface area (Å²) >= 11 is 0. The number of aliphatic hydroxyl groups excluding tert-OH is 1. The summed E-state index contributed by atoms with van der Waals surface area (Å²) in [7, 11) is 0. The number of hydrogen-bond acceptors (Lipinski definition) is 3. The fourth-order valence-corrected chi connectivity index (χ4v) is 1.29. The van der Waals surface area contributed by atoms with Gasteiger partial charge in [0.05, 0.1) is 19.1 Å². The van der Waals surface area contributed by atoms with Crippen LogP contribution in [0.25, 0.3) is 0 Å². The molecule has 0 unspecified atom stereocenters. The van der Waals surface area contributed by atoms with Crippen molar-refractivity contribution in [3.8, 4) is 0 Å². The maximum atomic E-state index is 11.9. The highest BCUT2D eigenvalue weighted by Gasteiger charge is 2.36. The van der Waals surface area contributed by atoms with E-state index < -0.39 is 24.4 Å². The van der Waals surface area contributed by atoms with E-state index in [0.717, 1.165) is 6.21 Å². The molecule has 0 bridgehead atoms. The number of rotatable bonds is 5. The first-order valence-electron chi connectivity index (χ1n) is 5.22. The van der Waals surface area contributed by atoms with Gasteiger partial charge in [0.15, 0.2) is 0 Å². The van der Waals surface area contributed by atoms with E-state index in [-0.39, 0.29) is 6.61 Å². The molecule has 1 aromatic carbocycles. The number of aliphatic hydroxyl groups is 1. The van der Waals surface area contributed by atoms with Crippen LogP contribution in [0, 0.1) is 0 Å². The lowest BCUT2D eigenvalue weighted by atomic mass is 10.1. The quantitative estimate of drug-likeness (QED) is 0.825. The molecular formula is C12H12F3NO2. The van der Waals surface area contributed by atoms with Crippen LogP contribution >= 0.6 is 0 Å². The Morgan fingerprint density at radius 2 is 1.94 bits per heavy atom. The molecule has 0 heterocycles. The molecule has 6 heteroatoms.